The average molecular weight is 261 g/mol. The molecule has 0 saturated heterocycles. The predicted molar refractivity (Wildman–Crippen MR) is 75.7 cm³/mol. The number of rotatable bonds is 4. The largest absolute Gasteiger partial charge is 0.392 e. The third-order valence-corrected chi connectivity index (χ3v) is 3.98. The van der Waals surface area contributed by atoms with Gasteiger partial charge in [0.2, 0.25) is 5.91 Å². The van der Waals surface area contributed by atoms with Crippen molar-refractivity contribution in [2.45, 2.75) is 45.8 Å². The molecule has 0 radical (unpaired) electrons. The van der Waals surface area contributed by atoms with Gasteiger partial charge in [0.15, 0.2) is 0 Å². The zero-order chi connectivity index (χ0) is 14.0. The highest BCUT2D eigenvalue weighted by Crippen LogP contribution is 2.35. The molecule has 19 heavy (non-hydrogen) atoms. The van der Waals surface area contributed by atoms with E-state index >= 15 is 0 Å². The van der Waals surface area contributed by atoms with E-state index in [1.807, 2.05) is 26.0 Å². The summed E-state index contributed by atoms with van der Waals surface area (Å²) in [6, 6.07) is 8.35. The highest BCUT2D eigenvalue weighted by atomic mass is 16.3. The van der Waals surface area contributed by atoms with Crippen molar-refractivity contribution in [3.05, 3.63) is 35.4 Å². The fourth-order valence-electron chi connectivity index (χ4n) is 2.67. The van der Waals surface area contributed by atoms with Crippen LogP contribution >= 0.6 is 0 Å². The Morgan fingerprint density at radius 2 is 2.11 bits per heavy atom. The number of fused-ring (bicyclic) bond motifs is 1. The summed E-state index contributed by atoms with van der Waals surface area (Å²) in [5.41, 5.74) is 2.55. The summed E-state index contributed by atoms with van der Waals surface area (Å²) in [6.45, 7) is 6.00. The van der Waals surface area contributed by atoms with Crippen LogP contribution in [0.3, 0.4) is 0 Å². The molecule has 1 aliphatic rings. The van der Waals surface area contributed by atoms with Crippen LogP contribution in [0.1, 0.15) is 44.4 Å². The van der Waals surface area contributed by atoms with E-state index in [0.717, 1.165) is 6.42 Å². The molecule has 0 bridgehead atoms. The van der Waals surface area contributed by atoms with E-state index in [2.05, 4.69) is 24.4 Å². The molecule has 3 heteroatoms. The fourth-order valence-corrected chi connectivity index (χ4v) is 2.67. The molecule has 0 spiro atoms. The van der Waals surface area contributed by atoms with E-state index < -0.39 is 6.10 Å². The van der Waals surface area contributed by atoms with Crippen LogP contribution in [0.25, 0.3) is 0 Å². The minimum Gasteiger partial charge on any atom is -0.392 e. The van der Waals surface area contributed by atoms with Gasteiger partial charge >= 0.3 is 0 Å². The van der Waals surface area contributed by atoms with E-state index in [1.54, 1.807) is 0 Å². The van der Waals surface area contributed by atoms with Crippen LogP contribution in [0.5, 0.6) is 0 Å². The lowest BCUT2D eigenvalue weighted by molar-refractivity contribution is -0.124. The first-order chi connectivity index (χ1) is 8.99. The second kappa shape index (κ2) is 5.74. The van der Waals surface area contributed by atoms with Gasteiger partial charge in [-0.2, -0.15) is 0 Å². The summed E-state index contributed by atoms with van der Waals surface area (Å²) in [5.74, 6) is 0.464. The molecular formula is C16H23NO2. The lowest BCUT2D eigenvalue weighted by Crippen LogP contribution is -2.34. The minimum absolute atomic E-state index is 0.0604. The Hall–Kier alpha value is -1.35. The molecule has 1 aromatic carbocycles. The van der Waals surface area contributed by atoms with Gasteiger partial charge in [0.05, 0.1) is 18.6 Å². The molecule has 1 aliphatic carbocycles. The van der Waals surface area contributed by atoms with Crippen LogP contribution in [0.15, 0.2) is 24.3 Å². The van der Waals surface area contributed by atoms with E-state index in [-0.39, 0.29) is 24.3 Å². The SMILES string of the molecule is CC(C)C(O)CC(=O)NC1c2ccccc2CC1C. The van der Waals surface area contributed by atoms with Gasteiger partial charge in [-0.25, -0.2) is 0 Å². The van der Waals surface area contributed by atoms with Crippen molar-refractivity contribution in [3.8, 4) is 0 Å². The number of aliphatic hydroxyl groups is 1. The Morgan fingerprint density at radius 1 is 1.42 bits per heavy atom. The van der Waals surface area contributed by atoms with Crippen molar-refractivity contribution in [2.24, 2.45) is 11.8 Å². The lowest BCUT2D eigenvalue weighted by Gasteiger charge is -2.21. The Morgan fingerprint density at radius 3 is 2.79 bits per heavy atom. The monoisotopic (exact) mass is 261 g/mol. The van der Waals surface area contributed by atoms with Gasteiger partial charge in [-0.15, -0.1) is 0 Å². The predicted octanol–water partition coefficient (Wildman–Crippen LogP) is 2.44. The third kappa shape index (κ3) is 3.16. The molecule has 3 unspecified atom stereocenters. The van der Waals surface area contributed by atoms with Crippen LogP contribution in [-0.4, -0.2) is 17.1 Å². The molecule has 3 atom stereocenters. The van der Waals surface area contributed by atoms with Crippen LogP contribution in [0, 0.1) is 11.8 Å². The van der Waals surface area contributed by atoms with Gasteiger partial charge < -0.3 is 10.4 Å². The van der Waals surface area contributed by atoms with Crippen LogP contribution in [0.4, 0.5) is 0 Å². The first kappa shape index (κ1) is 14.1. The Bertz CT molecular complexity index is 456. The Balaban J connectivity index is 2.01. The van der Waals surface area contributed by atoms with Gasteiger partial charge in [0.1, 0.15) is 0 Å². The first-order valence-electron chi connectivity index (χ1n) is 7.04. The zero-order valence-electron chi connectivity index (χ0n) is 11.9. The number of amides is 1. The van der Waals surface area contributed by atoms with Crippen molar-refractivity contribution in [1.29, 1.82) is 0 Å². The second-order valence-electron chi connectivity index (χ2n) is 5.94. The summed E-state index contributed by atoms with van der Waals surface area (Å²) < 4.78 is 0. The fraction of sp³-hybridized carbons (Fsp3) is 0.562. The number of hydrogen-bond donors (Lipinski definition) is 2. The molecular weight excluding hydrogens is 238 g/mol. The molecule has 0 aromatic heterocycles. The van der Waals surface area contributed by atoms with E-state index in [4.69, 9.17) is 0 Å². The smallest absolute Gasteiger partial charge is 0.223 e. The maximum absolute atomic E-state index is 12.0. The zero-order valence-corrected chi connectivity index (χ0v) is 11.9. The highest BCUT2D eigenvalue weighted by Gasteiger charge is 2.30. The number of benzene rings is 1. The number of nitrogens with one attached hydrogen (secondary N) is 1. The molecule has 1 aromatic rings. The molecule has 2 rings (SSSR count). The molecule has 104 valence electrons. The van der Waals surface area contributed by atoms with Crippen molar-refractivity contribution < 1.29 is 9.90 Å². The normalized spacial score (nSPS) is 23.2. The molecule has 0 aliphatic heterocycles. The third-order valence-electron chi connectivity index (χ3n) is 3.98. The summed E-state index contributed by atoms with van der Waals surface area (Å²) >= 11 is 0. The van der Waals surface area contributed by atoms with Gasteiger partial charge in [0, 0.05) is 0 Å². The van der Waals surface area contributed by atoms with Crippen LogP contribution in [-0.2, 0) is 11.2 Å². The van der Waals surface area contributed by atoms with Crippen LogP contribution in [0.2, 0.25) is 0 Å². The molecule has 0 fully saturated rings. The standard InChI is InChI=1S/C16H23NO2/c1-10(2)14(18)9-15(19)17-16-11(3)8-12-6-4-5-7-13(12)16/h4-7,10-11,14,16,18H,8-9H2,1-3H3,(H,17,19). The summed E-state index contributed by atoms with van der Waals surface area (Å²) in [4.78, 5) is 12.0. The molecule has 3 nitrogen and oxygen atoms in total. The number of hydrogen-bond acceptors (Lipinski definition) is 2. The number of carbonyl (C=O) groups excluding carboxylic acids is 1. The van der Waals surface area contributed by atoms with Gasteiger partial charge in [0.25, 0.3) is 0 Å². The maximum atomic E-state index is 12.0. The van der Waals surface area contributed by atoms with Crippen molar-refractivity contribution in [2.75, 3.05) is 0 Å². The highest BCUT2D eigenvalue weighted by molar-refractivity contribution is 5.77. The quantitative estimate of drug-likeness (QED) is 0.874. The van der Waals surface area contributed by atoms with E-state index in [1.165, 1.54) is 11.1 Å². The topological polar surface area (TPSA) is 49.3 Å². The van der Waals surface area contributed by atoms with Crippen molar-refractivity contribution >= 4 is 5.91 Å². The summed E-state index contributed by atoms with van der Waals surface area (Å²) in [7, 11) is 0. The summed E-state index contributed by atoms with van der Waals surface area (Å²) in [5, 5.41) is 12.8. The molecule has 0 saturated carbocycles. The van der Waals surface area contributed by atoms with E-state index in [0.29, 0.717) is 5.92 Å². The summed E-state index contributed by atoms with van der Waals surface area (Å²) in [6.07, 6.45) is 0.628. The van der Waals surface area contributed by atoms with Crippen LogP contribution < -0.4 is 5.32 Å². The van der Waals surface area contributed by atoms with Crippen molar-refractivity contribution in [3.63, 3.8) is 0 Å². The molecule has 0 heterocycles. The number of aliphatic hydroxyl groups excluding tert-OH is 1. The van der Waals surface area contributed by atoms with Gasteiger partial charge in [-0.05, 0) is 29.4 Å². The molecule has 1 amide bonds. The second-order valence-corrected chi connectivity index (χ2v) is 5.94. The maximum Gasteiger partial charge on any atom is 0.223 e. The Labute approximate surface area is 115 Å². The Kier molecular flexibility index (Phi) is 4.25. The van der Waals surface area contributed by atoms with Gasteiger partial charge in [-0.1, -0.05) is 45.0 Å². The first-order valence-corrected chi connectivity index (χ1v) is 7.04. The lowest BCUT2D eigenvalue weighted by atomic mass is 10.0. The minimum atomic E-state index is -0.563. The number of carbonyl (C=O) groups is 1. The van der Waals surface area contributed by atoms with E-state index in [9.17, 15) is 9.90 Å². The van der Waals surface area contributed by atoms with Gasteiger partial charge in [-0.3, -0.25) is 4.79 Å². The average Bonchev–Trinajstić information content (AvgIpc) is 2.66. The van der Waals surface area contributed by atoms with Crippen molar-refractivity contribution in [1.82, 2.24) is 5.32 Å². The molecule has 2 N–H and O–H groups in total.